The van der Waals surface area contributed by atoms with E-state index in [-0.39, 0.29) is 0 Å². The monoisotopic (exact) mass is 416 g/mol. The van der Waals surface area contributed by atoms with Gasteiger partial charge in [-0.1, -0.05) is 12.1 Å². The van der Waals surface area contributed by atoms with Crippen LogP contribution in [0, 0.1) is 5.82 Å². The Morgan fingerprint density at radius 1 is 1.07 bits per heavy atom. The van der Waals surface area contributed by atoms with Crippen molar-refractivity contribution in [1.82, 2.24) is 19.9 Å². The van der Waals surface area contributed by atoms with Crippen LogP contribution in [0.15, 0.2) is 55.0 Å². The Balaban J connectivity index is 1.48. The first kappa shape index (κ1) is 17.7. The molecule has 5 aromatic rings. The van der Waals surface area contributed by atoms with Gasteiger partial charge >= 0.3 is 0 Å². The summed E-state index contributed by atoms with van der Waals surface area (Å²) < 4.78 is 14.9. The van der Waals surface area contributed by atoms with Gasteiger partial charge in [-0.3, -0.25) is 4.98 Å². The fraction of sp³-hybridized carbons (Fsp3) is 0.174. The number of aliphatic hydroxyl groups is 1. The van der Waals surface area contributed by atoms with Gasteiger partial charge < -0.3 is 10.1 Å². The predicted molar refractivity (Wildman–Crippen MR) is 116 cm³/mol. The third kappa shape index (κ3) is 2.66. The van der Waals surface area contributed by atoms with Crippen molar-refractivity contribution in [3.8, 4) is 21.7 Å². The van der Waals surface area contributed by atoms with Crippen LogP contribution in [-0.4, -0.2) is 25.0 Å². The van der Waals surface area contributed by atoms with Crippen LogP contribution in [0.1, 0.15) is 24.3 Å². The van der Waals surface area contributed by atoms with Gasteiger partial charge in [0.2, 0.25) is 0 Å². The number of rotatable bonds is 3. The lowest BCUT2D eigenvalue weighted by Gasteiger charge is -2.34. The maximum absolute atomic E-state index is 14.9. The molecular formula is C23H17FN4OS. The van der Waals surface area contributed by atoms with Crippen LogP contribution < -0.4 is 0 Å². The summed E-state index contributed by atoms with van der Waals surface area (Å²) in [5.74, 6) is -0.397. The number of hydrogen-bond donors (Lipinski definition) is 2. The molecule has 0 amide bonds. The average Bonchev–Trinajstić information content (AvgIpc) is 3.39. The first-order valence-electron chi connectivity index (χ1n) is 9.82. The zero-order valence-corrected chi connectivity index (χ0v) is 16.7. The smallest absolute Gasteiger partial charge is 0.150 e. The first-order valence-corrected chi connectivity index (χ1v) is 10.6. The Kier molecular flexibility index (Phi) is 3.78. The number of nitrogens with one attached hydrogen (secondary N) is 1. The van der Waals surface area contributed by atoms with E-state index >= 15 is 0 Å². The molecule has 1 saturated carbocycles. The van der Waals surface area contributed by atoms with Crippen LogP contribution in [0.2, 0.25) is 0 Å². The SMILES string of the molecule is OC1(c2ncc(-c3c(F)cnc4[nH]c(-c5ccc6ncccc6c5)cc34)s2)CCC1. The van der Waals surface area contributed by atoms with Crippen molar-refractivity contribution in [1.29, 1.82) is 0 Å². The highest BCUT2D eigenvalue weighted by Gasteiger charge is 2.39. The van der Waals surface area contributed by atoms with Gasteiger partial charge in [0.15, 0.2) is 5.82 Å². The largest absolute Gasteiger partial charge is 0.383 e. The van der Waals surface area contributed by atoms with Crippen molar-refractivity contribution in [2.45, 2.75) is 24.9 Å². The fourth-order valence-electron chi connectivity index (χ4n) is 4.03. The van der Waals surface area contributed by atoms with Crippen molar-refractivity contribution in [3.05, 3.63) is 65.8 Å². The molecule has 1 aliphatic rings. The Morgan fingerprint density at radius 3 is 2.80 bits per heavy atom. The minimum atomic E-state index is -0.853. The van der Waals surface area contributed by atoms with Crippen LogP contribution in [0.3, 0.4) is 0 Å². The predicted octanol–water partition coefficient (Wildman–Crippen LogP) is 5.41. The van der Waals surface area contributed by atoms with Gasteiger partial charge in [0.1, 0.15) is 16.3 Å². The van der Waals surface area contributed by atoms with E-state index in [2.05, 4.69) is 26.0 Å². The molecule has 0 radical (unpaired) electrons. The van der Waals surface area contributed by atoms with E-state index in [4.69, 9.17) is 0 Å². The number of aromatic amines is 1. The minimum absolute atomic E-state index is 0.397. The van der Waals surface area contributed by atoms with Crippen LogP contribution in [0.5, 0.6) is 0 Å². The highest BCUT2D eigenvalue weighted by Crippen LogP contribution is 2.45. The molecule has 7 heteroatoms. The summed E-state index contributed by atoms with van der Waals surface area (Å²) in [6.45, 7) is 0. The molecule has 0 saturated heterocycles. The maximum Gasteiger partial charge on any atom is 0.150 e. The molecule has 30 heavy (non-hydrogen) atoms. The number of benzene rings is 1. The summed E-state index contributed by atoms with van der Waals surface area (Å²) in [6, 6.07) is 11.9. The molecular weight excluding hydrogens is 399 g/mol. The van der Waals surface area contributed by atoms with Crippen LogP contribution in [-0.2, 0) is 5.60 Å². The second kappa shape index (κ2) is 6.42. The summed E-state index contributed by atoms with van der Waals surface area (Å²) in [4.78, 5) is 17.0. The third-order valence-corrected chi connectivity index (χ3v) is 7.07. The highest BCUT2D eigenvalue weighted by atomic mass is 32.1. The molecule has 4 heterocycles. The summed E-state index contributed by atoms with van der Waals surface area (Å²) in [5.41, 5.74) is 2.99. The van der Waals surface area contributed by atoms with Crippen molar-refractivity contribution in [2.75, 3.05) is 0 Å². The molecule has 0 aliphatic heterocycles. The molecule has 6 rings (SSSR count). The summed E-state index contributed by atoms with van der Waals surface area (Å²) >= 11 is 1.35. The normalized spacial score (nSPS) is 15.5. The number of H-pyrrole nitrogens is 1. The molecule has 148 valence electrons. The lowest BCUT2D eigenvalue weighted by atomic mass is 9.81. The number of aromatic nitrogens is 4. The molecule has 4 aromatic heterocycles. The maximum atomic E-state index is 14.9. The van der Waals surface area contributed by atoms with Crippen molar-refractivity contribution in [3.63, 3.8) is 0 Å². The van der Waals surface area contributed by atoms with E-state index in [1.54, 1.807) is 12.4 Å². The minimum Gasteiger partial charge on any atom is -0.383 e. The number of thiazole rings is 1. The highest BCUT2D eigenvalue weighted by molar-refractivity contribution is 7.15. The van der Waals surface area contributed by atoms with Crippen molar-refractivity contribution in [2.24, 2.45) is 0 Å². The van der Waals surface area contributed by atoms with Crippen molar-refractivity contribution >= 4 is 33.3 Å². The van der Waals surface area contributed by atoms with Gasteiger partial charge in [0.25, 0.3) is 0 Å². The summed E-state index contributed by atoms with van der Waals surface area (Å²) in [6.07, 6.45) is 7.07. The molecule has 1 aliphatic carbocycles. The summed E-state index contributed by atoms with van der Waals surface area (Å²) in [5, 5.41) is 13.0. The van der Waals surface area contributed by atoms with Crippen LogP contribution >= 0.6 is 11.3 Å². The van der Waals surface area contributed by atoms with E-state index in [1.165, 1.54) is 17.5 Å². The van der Waals surface area contributed by atoms with Gasteiger partial charge in [-0.05, 0) is 49.1 Å². The molecule has 5 nitrogen and oxygen atoms in total. The number of pyridine rings is 2. The molecule has 0 atom stereocenters. The second-order valence-electron chi connectivity index (χ2n) is 7.75. The standard InChI is InChI=1S/C23H17FN4OS/c24-16-11-26-21-15(20(16)19-12-27-22(30-19)23(29)6-2-7-23)10-18(28-21)14-4-5-17-13(9-14)3-1-8-25-17/h1,3-5,8-12,29H,2,6-7H2,(H,26,28). The van der Waals surface area contributed by atoms with Gasteiger partial charge in [-0.15, -0.1) is 11.3 Å². The molecule has 0 unspecified atom stereocenters. The lowest BCUT2D eigenvalue weighted by molar-refractivity contribution is -0.0389. The quantitative estimate of drug-likeness (QED) is 0.412. The number of nitrogens with zero attached hydrogens (tertiary/aromatic N) is 3. The third-order valence-electron chi connectivity index (χ3n) is 5.86. The second-order valence-corrected chi connectivity index (χ2v) is 8.78. The van der Waals surface area contributed by atoms with Gasteiger partial charge in [-0.2, -0.15) is 0 Å². The lowest BCUT2D eigenvalue weighted by Crippen LogP contribution is -2.33. The van der Waals surface area contributed by atoms with Gasteiger partial charge in [-0.25, -0.2) is 14.4 Å². The zero-order valence-electron chi connectivity index (χ0n) is 15.9. The number of hydrogen-bond acceptors (Lipinski definition) is 5. The first-order chi connectivity index (χ1) is 14.6. The zero-order chi connectivity index (χ0) is 20.3. The van der Waals surface area contributed by atoms with Gasteiger partial charge in [0.05, 0.1) is 16.6 Å². The summed E-state index contributed by atoms with van der Waals surface area (Å²) in [7, 11) is 0. The fourth-order valence-corrected chi connectivity index (χ4v) is 5.15. The number of fused-ring (bicyclic) bond motifs is 2. The van der Waals surface area contributed by atoms with E-state index in [0.717, 1.165) is 28.6 Å². The Morgan fingerprint density at radius 2 is 1.97 bits per heavy atom. The molecule has 1 fully saturated rings. The Hall–Kier alpha value is -3.16. The van der Waals surface area contributed by atoms with E-state index in [9.17, 15) is 9.50 Å². The van der Waals surface area contributed by atoms with E-state index in [0.29, 0.717) is 39.3 Å². The number of halogens is 1. The molecule has 0 bridgehead atoms. The van der Waals surface area contributed by atoms with Crippen LogP contribution in [0.25, 0.3) is 43.6 Å². The average molecular weight is 416 g/mol. The molecule has 0 spiro atoms. The van der Waals surface area contributed by atoms with E-state index < -0.39 is 11.4 Å². The Bertz CT molecular complexity index is 1420. The van der Waals surface area contributed by atoms with E-state index in [1.807, 2.05) is 30.3 Å². The van der Waals surface area contributed by atoms with Gasteiger partial charge in [0, 0.05) is 34.4 Å². The van der Waals surface area contributed by atoms with Crippen LogP contribution in [0.4, 0.5) is 4.39 Å². The Labute approximate surface area is 175 Å². The van der Waals surface area contributed by atoms with Crippen molar-refractivity contribution < 1.29 is 9.50 Å². The molecule has 2 N–H and O–H groups in total. The molecule has 1 aromatic carbocycles. The topological polar surface area (TPSA) is 74.7 Å².